The quantitative estimate of drug-likeness (QED) is 0.544. The van der Waals surface area contributed by atoms with E-state index in [1.807, 2.05) is 30.3 Å². The minimum absolute atomic E-state index is 0.0493. The van der Waals surface area contributed by atoms with Gasteiger partial charge >= 0.3 is 0 Å². The van der Waals surface area contributed by atoms with Gasteiger partial charge in [-0.25, -0.2) is 0 Å². The van der Waals surface area contributed by atoms with Gasteiger partial charge in [-0.2, -0.15) is 0 Å². The summed E-state index contributed by atoms with van der Waals surface area (Å²) in [6, 6.07) is 17.4. The third-order valence-corrected chi connectivity index (χ3v) is 4.76. The first-order valence-corrected chi connectivity index (χ1v) is 8.52. The maximum atomic E-state index is 13.2. The Bertz CT molecular complexity index is 1240. The highest BCUT2D eigenvalue weighted by Crippen LogP contribution is 2.40. The Morgan fingerprint density at radius 2 is 1.74 bits per heavy atom. The SMILES string of the molecule is Cc1cc(N2C(=O)c3oc4ccccc4c(=O)c3[C@@H]2c2ccccc2)no1. The van der Waals surface area contributed by atoms with Crippen molar-refractivity contribution in [3.63, 3.8) is 0 Å². The van der Waals surface area contributed by atoms with Gasteiger partial charge in [0.15, 0.2) is 11.2 Å². The number of carbonyl (C=O) groups is 1. The number of benzene rings is 2. The fourth-order valence-corrected chi connectivity index (χ4v) is 3.57. The summed E-state index contributed by atoms with van der Waals surface area (Å²) >= 11 is 0. The third kappa shape index (κ3) is 2.23. The van der Waals surface area contributed by atoms with Gasteiger partial charge in [0.05, 0.1) is 17.0 Å². The number of aryl methyl sites for hydroxylation is 1. The number of aromatic nitrogens is 1. The van der Waals surface area contributed by atoms with E-state index in [1.165, 1.54) is 4.90 Å². The van der Waals surface area contributed by atoms with Crippen LogP contribution in [0.3, 0.4) is 0 Å². The van der Waals surface area contributed by atoms with Crippen LogP contribution < -0.4 is 10.3 Å². The van der Waals surface area contributed by atoms with E-state index in [2.05, 4.69) is 5.16 Å². The molecule has 4 aromatic rings. The van der Waals surface area contributed by atoms with Crippen molar-refractivity contribution < 1.29 is 13.7 Å². The van der Waals surface area contributed by atoms with Crippen LogP contribution in [0.1, 0.15) is 33.5 Å². The van der Waals surface area contributed by atoms with Crippen LogP contribution in [0, 0.1) is 6.92 Å². The van der Waals surface area contributed by atoms with Gasteiger partial charge in [0.25, 0.3) is 5.91 Å². The van der Waals surface area contributed by atoms with E-state index in [4.69, 9.17) is 8.94 Å². The lowest BCUT2D eigenvalue weighted by Gasteiger charge is -2.22. The third-order valence-electron chi connectivity index (χ3n) is 4.76. The summed E-state index contributed by atoms with van der Waals surface area (Å²) in [6.45, 7) is 1.75. The topological polar surface area (TPSA) is 76.6 Å². The highest BCUT2D eigenvalue weighted by atomic mass is 16.5. The first-order chi connectivity index (χ1) is 13.1. The molecule has 27 heavy (non-hydrogen) atoms. The van der Waals surface area contributed by atoms with Crippen LogP contribution in [-0.2, 0) is 0 Å². The standard InChI is InChI=1S/C21H14N2O4/c1-12-11-16(22-27-12)23-18(13-7-3-2-4-8-13)17-19(24)14-9-5-6-10-15(14)26-20(17)21(23)25/h2-11,18H,1H3/t18-/m0/s1. The highest BCUT2D eigenvalue weighted by molar-refractivity contribution is 6.10. The summed E-state index contributed by atoms with van der Waals surface area (Å²) < 4.78 is 11.0. The maximum absolute atomic E-state index is 13.2. The summed E-state index contributed by atoms with van der Waals surface area (Å²) in [5.41, 5.74) is 1.30. The molecule has 0 saturated carbocycles. The molecule has 0 radical (unpaired) electrons. The van der Waals surface area contributed by atoms with Crippen LogP contribution in [-0.4, -0.2) is 11.1 Å². The summed E-state index contributed by atoms with van der Waals surface area (Å²) in [6.07, 6.45) is 0. The number of hydrogen-bond donors (Lipinski definition) is 0. The van der Waals surface area contributed by atoms with E-state index in [1.54, 1.807) is 37.3 Å². The number of nitrogens with zero attached hydrogens (tertiary/aromatic N) is 2. The van der Waals surface area contributed by atoms with Crippen molar-refractivity contribution in [2.24, 2.45) is 0 Å². The molecule has 0 unspecified atom stereocenters. The Hall–Kier alpha value is -3.67. The number of anilines is 1. The van der Waals surface area contributed by atoms with E-state index in [9.17, 15) is 9.59 Å². The number of para-hydroxylation sites is 1. The fraction of sp³-hybridized carbons (Fsp3) is 0.0952. The van der Waals surface area contributed by atoms with Crippen molar-refractivity contribution in [1.82, 2.24) is 5.16 Å². The molecule has 1 atom stereocenters. The molecule has 3 heterocycles. The molecule has 0 aliphatic carbocycles. The van der Waals surface area contributed by atoms with Gasteiger partial charge in [-0.3, -0.25) is 14.5 Å². The molecule has 0 bridgehead atoms. The van der Waals surface area contributed by atoms with Crippen molar-refractivity contribution in [2.75, 3.05) is 4.90 Å². The minimum atomic E-state index is -0.626. The van der Waals surface area contributed by atoms with E-state index >= 15 is 0 Å². The zero-order valence-electron chi connectivity index (χ0n) is 14.4. The Morgan fingerprint density at radius 1 is 1.00 bits per heavy atom. The van der Waals surface area contributed by atoms with Crippen molar-refractivity contribution in [3.8, 4) is 0 Å². The van der Waals surface area contributed by atoms with Gasteiger partial charge in [0.2, 0.25) is 5.76 Å². The zero-order valence-corrected chi connectivity index (χ0v) is 14.4. The largest absolute Gasteiger partial charge is 0.450 e. The molecule has 2 aromatic carbocycles. The molecule has 6 heteroatoms. The highest BCUT2D eigenvalue weighted by Gasteiger charge is 2.44. The summed E-state index contributed by atoms with van der Waals surface area (Å²) in [5, 5.41) is 4.44. The molecule has 2 aromatic heterocycles. The number of hydrogen-bond acceptors (Lipinski definition) is 5. The van der Waals surface area contributed by atoms with Gasteiger partial charge in [-0.05, 0) is 24.6 Å². The molecule has 6 nitrogen and oxygen atoms in total. The van der Waals surface area contributed by atoms with Crippen molar-refractivity contribution in [3.05, 3.63) is 93.5 Å². The number of carbonyl (C=O) groups excluding carboxylic acids is 1. The van der Waals surface area contributed by atoms with Crippen LogP contribution in [0.15, 0.2) is 74.4 Å². The molecular weight excluding hydrogens is 344 g/mol. The molecule has 5 rings (SSSR count). The van der Waals surface area contributed by atoms with Gasteiger partial charge in [0.1, 0.15) is 11.3 Å². The lowest BCUT2D eigenvalue weighted by molar-refractivity contribution is 0.0969. The van der Waals surface area contributed by atoms with E-state index in [-0.39, 0.29) is 11.2 Å². The van der Waals surface area contributed by atoms with Gasteiger partial charge in [-0.15, -0.1) is 0 Å². The van der Waals surface area contributed by atoms with Crippen LogP contribution in [0.2, 0.25) is 0 Å². The Labute approximate surface area is 153 Å². The van der Waals surface area contributed by atoms with E-state index in [0.717, 1.165) is 5.56 Å². The Morgan fingerprint density at radius 3 is 2.48 bits per heavy atom. The minimum Gasteiger partial charge on any atom is -0.450 e. The second-order valence-corrected chi connectivity index (χ2v) is 6.45. The molecular formula is C21H14N2O4. The normalized spacial score (nSPS) is 16.1. The van der Waals surface area contributed by atoms with Gasteiger partial charge in [0, 0.05) is 6.07 Å². The number of fused-ring (bicyclic) bond motifs is 2. The second kappa shape index (κ2) is 5.67. The zero-order chi connectivity index (χ0) is 18.5. The lowest BCUT2D eigenvalue weighted by atomic mass is 9.98. The molecule has 1 aliphatic heterocycles. The number of rotatable bonds is 2. The Kier molecular flexibility index (Phi) is 3.27. The number of amides is 1. The molecule has 1 aliphatic rings. The predicted octanol–water partition coefficient (Wildman–Crippen LogP) is 3.84. The molecule has 132 valence electrons. The molecule has 0 saturated heterocycles. The predicted molar refractivity (Wildman–Crippen MR) is 98.8 cm³/mol. The smallest absolute Gasteiger partial charge is 0.296 e. The molecule has 0 fully saturated rings. The summed E-state index contributed by atoms with van der Waals surface area (Å²) in [5.74, 6) is 0.564. The summed E-state index contributed by atoms with van der Waals surface area (Å²) in [4.78, 5) is 27.9. The monoisotopic (exact) mass is 358 g/mol. The van der Waals surface area contributed by atoms with Crippen molar-refractivity contribution >= 4 is 22.7 Å². The average molecular weight is 358 g/mol. The summed E-state index contributed by atoms with van der Waals surface area (Å²) in [7, 11) is 0. The van der Waals surface area contributed by atoms with Gasteiger partial charge in [-0.1, -0.05) is 47.6 Å². The fourth-order valence-electron chi connectivity index (χ4n) is 3.57. The van der Waals surface area contributed by atoms with E-state index < -0.39 is 11.9 Å². The maximum Gasteiger partial charge on any atom is 0.296 e. The van der Waals surface area contributed by atoms with Crippen LogP contribution in [0.4, 0.5) is 5.82 Å². The van der Waals surface area contributed by atoms with Gasteiger partial charge < -0.3 is 8.94 Å². The van der Waals surface area contributed by atoms with Crippen LogP contribution in [0.25, 0.3) is 11.0 Å². The first-order valence-electron chi connectivity index (χ1n) is 8.52. The lowest BCUT2D eigenvalue weighted by Crippen LogP contribution is -2.29. The second-order valence-electron chi connectivity index (χ2n) is 6.45. The molecule has 1 amide bonds. The van der Waals surface area contributed by atoms with Crippen molar-refractivity contribution in [1.29, 1.82) is 0 Å². The average Bonchev–Trinajstić information content (AvgIpc) is 3.24. The molecule has 0 N–H and O–H groups in total. The van der Waals surface area contributed by atoms with Crippen molar-refractivity contribution in [2.45, 2.75) is 13.0 Å². The first kappa shape index (κ1) is 15.6. The molecule has 0 spiro atoms. The van der Waals surface area contributed by atoms with E-state index in [0.29, 0.717) is 28.1 Å². The Balaban J connectivity index is 1.84. The van der Waals surface area contributed by atoms with Crippen LogP contribution >= 0.6 is 0 Å². The van der Waals surface area contributed by atoms with Crippen LogP contribution in [0.5, 0.6) is 0 Å².